The molecular formula is C13H23NO4. The highest BCUT2D eigenvalue weighted by atomic mass is 16.5. The number of nitrogens with one attached hydrogen (secondary N) is 1. The molecule has 0 radical (unpaired) electrons. The molecule has 1 fully saturated rings. The first kappa shape index (κ1) is 15.0. The first-order valence-corrected chi connectivity index (χ1v) is 6.51. The molecule has 18 heavy (non-hydrogen) atoms. The van der Waals surface area contributed by atoms with Crippen molar-refractivity contribution in [1.29, 1.82) is 0 Å². The van der Waals surface area contributed by atoms with Crippen LogP contribution in [-0.2, 0) is 19.1 Å². The zero-order valence-corrected chi connectivity index (χ0v) is 11.4. The monoisotopic (exact) mass is 257 g/mol. The topological polar surface area (TPSA) is 64.6 Å². The average Bonchev–Trinajstić information content (AvgIpc) is 2.36. The van der Waals surface area contributed by atoms with E-state index in [9.17, 15) is 9.59 Å². The molecule has 104 valence electrons. The van der Waals surface area contributed by atoms with Gasteiger partial charge in [0.2, 0.25) is 5.91 Å². The molecule has 0 spiro atoms. The van der Waals surface area contributed by atoms with Gasteiger partial charge >= 0.3 is 5.97 Å². The van der Waals surface area contributed by atoms with E-state index in [1.807, 2.05) is 13.8 Å². The fourth-order valence-corrected chi connectivity index (χ4v) is 2.15. The van der Waals surface area contributed by atoms with E-state index in [0.717, 1.165) is 25.7 Å². The van der Waals surface area contributed by atoms with Crippen molar-refractivity contribution in [1.82, 2.24) is 5.32 Å². The molecule has 0 bridgehead atoms. The van der Waals surface area contributed by atoms with Gasteiger partial charge in [0, 0.05) is 6.04 Å². The van der Waals surface area contributed by atoms with Crippen molar-refractivity contribution in [2.45, 2.75) is 51.7 Å². The SMILES string of the molecule is COC(=O)C1CCC(NC(=O)COC(C)C)CC1. The first-order valence-electron chi connectivity index (χ1n) is 6.51. The van der Waals surface area contributed by atoms with Gasteiger partial charge in [-0.2, -0.15) is 0 Å². The maximum Gasteiger partial charge on any atom is 0.308 e. The summed E-state index contributed by atoms with van der Waals surface area (Å²) in [5.74, 6) is -0.219. The largest absolute Gasteiger partial charge is 0.469 e. The molecule has 0 heterocycles. The van der Waals surface area contributed by atoms with Crippen molar-refractivity contribution in [2.75, 3.05) is 13.7 Å². The Morgan fingerprint density at radius 3 is 2.33 bits per heavy atom. The third-order valence-corrected chi connectivity index (χ3v) is 3.17. The molecule has 1 N–H and O–H groups in total. The van der Waals surface area contributed by atoms with E-state index < -0.39 is 0 Å². The minimum atomic E-state index is -0.136. The van der Waals surface area contributed by atoms with E-state index in [2.05, 4.69) is 5.32 Å². The van der Waals surface area contributed by atoms with Gasteiger partial charge in [-0.1, -0.05) is 0 Å². The predicted molar refractivity (Wildman–Crippen MR) is 67.0 cm³/mol. The first-order chi connectivity index (χ1) is 8.52. The summed E-state index contributed by atoms with van der Waals surface area (Å²) in [5.41, 5.74) is 0. The summed E-state index contributed by atoms with van der Waals surface area (Å²) >= 11 is 0. The van der Waals surface area contributed by atoms with Crippen LogP contribution in [0.3, 0.4) is 0 Å². The third kappa shape index (κ3) is 5.04. The highest BCUT2D eigenvalue weighted by Crippen LogP contribution is 2.25. The molecule has 0 atom stereocenters. The van der Waals surface area contributed by atoms with Gasteiger partial charge in [-0.05, 0) is 39.5 Å². The molecular weight excluding hydrogens is 234 g/mol. The normalized spacial score (nSPS) is 23.8. The van der Waals surface area contributed by atoms with E-state index >= 15 is 0 Å². The second-order valence-electron chi connectivity index (χ2n) is 5.00. The lowest BCUT2D eigenvalue weighted by atomic mass is 9.86. The number of methoxy groups -OCH3 is 1. The molecule has 5 nitrogen and oxygen atoms in total. The van der Waals surface area contributed by atoms with Gasteiger partial charge < -0.3 is 14.8 Å². The molecule has 1 aliphatic rings. The highest BCUT2D eigenvalue weighted by Gasteiger charge is 2.27. The van der Waals surface area contributed by atoms with Crippen LogP contribution < -0.4 is 5.32 Å². The molecule has 1 rings (SSSR count). The van der Waals surface area contributed by atoms with Gasteiger partial charge in [0.1, 0.15) is 6.61 Å². The Morgan fingerprint density at radius 2 is 1.83 bits per heavy atom. The van der Waals surface area contributed by atoms with Crippen molar-refractivity contribution >= 4 is 11.9 Å². The van der Waals surface area contributed by atoms with Crippen LogP contribution in [0, 0.1) is 5.92 Å². The number of carbonyl (C=O) groups excluding carboxylic acids is 2. The quantitative estimate of drug-likeness (QED) is 0.753. The van der Waals surface area contributed by atoms with Gasteiger partial charge in [0.05, 0.1) is 19.1 Å². The number of hydrogen-bond acceptors (Lipinski definition) is 4. The van der Waals surface area contributed by atoms with Crippen LogP contribution in [0.2, 0.25) is 0 Å². The van der Waals surface area contributed by atoms with Crippen LogP contribution in [-0.4, -0.2) is 37.7 Å². The Bertz CT molecular complexity index is 283. The lowest BCUT2D eigenvalue weighted by molar-refractivity contribution is -0.146. The highest BCUT2D eigenvalue weighted by molar-refractivity contribution is 5.77. The molecule has 0 aromatic rings. The average molecular weight is 257 g/mol. The summed E-state index contributed by atoms with van der Waals surface area (Å²) in [6, 6.07) is 0.161. The van der Waals surface area contributed by atoms with Gasteiger partial charge in [0.15, 0.2) is 0 Å². The molecule has 5 heteroatoms. The standard InChI is InChI=1S/C13H23NO4/c1-9(2)18-8-12(15)14-11-6-4-10(5-7-11)13(16)17-3/h9-11H,4-8H2,1-3H3,(H,14,15). The maximum atomic E-state index is 11.6. The summed E-state index contributed by atoms with van der Waals surface area (Å²) in [7, 11) is 1.42. The predicted octanol–water partition coefficient (Wildman–Crippen LogP) is 1.26. The number of carbonyl (C=O) groups is 2. The minimum Gasteiger partial charge on any atom is -0.469 e. The summed E-state index contributed by atoms with van der Waals surface area (Å²) in [6.45, 7) is 3.90. The number of esters is 1. The van der Waals surface area contributed by atoms with Crippen molar-refractivity contribution in [3.8, 4) is 0 Å². The molecule has 0 unspecified atom stereocenters. The van der Waals surface area contributed by atoms with Crippen molar-refractivity contribution < 1.29 is 19.1 Å². The maximum absolute atomic E-state index is 11.6. The van der Waals surface area contributed by atoms with Gasteiger partial charge in [-0.15, -0.1) is 0 Å². The molecule has 1 amide bonds. The van der Waals surface area contributed by atoms with Gasteiger partial charge in [0.25, 0.3) is 0 Å². The Hall–Kier alpha value is -1.10. The molecule has 1 saturated carbocycles. The fraction of sp³-hybridized carbons (Fsp3) is 0.846. The zero-order valence-electron chi connectivity index (χ0n) is 11.4. The number of hydrogen-bond donors (Lipinski definition) is 1. The number of ether oxygens (including phenoxy) is 2. The number of rotatable bonds is 5. The summed E-state index contributed by atoms with van der Waals surface area (Å²) in [5, 5.41) is 2.94. The van der Waals surface area contributed by atoms with E-state index in [1.165, 1.54) is 7.11 Å². The van der Waals surface area contributed by atoms with E-state index in [1.54, 1.807) is 0 Å². The second-order valence-corrected chi connectivity index (χ2v) is 5.00. The lowest BCUT2D eigenvalue weighted by Gasteiger charge is -2.27. The summed E-state index contributed by atoms with van der Waals surface area (Å²) in [4.78, 5) is 22.9. The van der Waals surface area contributed by atoms with Crippen molar-refractivity contribution in [3.63, 3.8) is 0 Å². The van der Waals surface area contributed by atoms with Crippen LogP contribution in [0.4, 0.5) is 0 Å². The summed E-state index contributed by atoms with van der Waals surface area (Å²) < 4.78 is 9.96. The van der Waals surface area contributed by atoms with Crippen molar-refractivity contribution in [3.05, 3.63) is 0 Å². The van der Waals surface area contributed by atoms with Crippen LogP contribution in [0.25, 0.3) is 0 Å². The molecule has 0 saturated heterocycles. The van der Waals surface area contributed by atoms with Crippen LogP contribution in [0.5, 0.6) is 0 Å². The summed E-state index contributed by atoms with van der Waals surface area (Å²) in [6.07, 6.45) is 3.27. The van der Waals surface area contributed by atoms with Crippen LogP contribution in [0.15, 0.2) is 0 Å². The Kier molecular flexibility index (Phi) is 6.12. The van der Waals surface area contributed by atoms with Crippen LogP contribution in [0.1, 0.15) is 39.5 Å². The Labute approximate surface area is 108 Å². The van der Waals surface area contributed by atoms with Gasteiger partial charge in [-0.25, -0.2) is 0 Å². The molecule has 0 aliphatic heterocycles. The van der Waals surface area contributed by atoms with E-state index in [-0.39, 0.29) is 36.5 Å². The molecule has 1 aliphatic carbocycles. The minimum absolute atomic E-state index is 0.00457. The van der Waals surface area contributed by atoms with Crippen molar-refractivity contribution in [2.24, 2.45) is 5.92 Å². The zero-order chi connectivity index (χ0) is 13.5. The van der Waals surface area contributed by atoms with E-state index in [0.29, 0.717) is 0 Å². The third-order valence-electron chi connectivity index (χ3n) is 3.17. The fourth-order valence-electron chi connectivity index (χ4n) is 2.15. The van der Waals surface area contributed by atoms with E-state index in [4.69, 9.17) is 9.47 Å². The number of amides is 1. The Balaban J connectivity index is 2.23. The van der Waals surface area contributed by atoms with Crippen LogP contribution >= 0.6 is 0 Å². The smallest absolute Gasteiger partial charge is 0.308 e. The van der Waals surface area contributed by atoms with Gasteiger partial charge in [-0.3, -0.25) is 9.59 Å². The lowest BCUT2D eigenvalue weighted by Crippen LogP contribution is -2.40. The second kappa shape index (κ2) is 7.36. The molecule has 0 aromatic carbocycles. The Morgan fingerprint density at radius 1 is 1.22 bits per heavy atom. The molecule has 0 aromatic heterocycles.